The van der Waals surface area contributed by atoms with Crippen LogP contribution in [0, 0.1) is 5.92 Å². The quantitative estimate of drug-likeness (QED) is 0.828. The maximum absolute atomic E-state index is 12.1. The number of rotatable bonds is 4. The van der Waals surface area contributed by atoms with Crippen LogP contribution in [0.5, 0.6) is 0 Å². The van der Waals surface area contributed by atoms with Crippen molar-refractivity contribution in [3.05, 3.63) is 34.3 Å². The molecule has 4 nitrogen and oxygen atoms in total. The number of nitrogens with zero attached hydrogens (tertiary/aromatic N) is 1. The van der Waals surface area contributed by atoms with Gasteiger partial charge in [-0.05, 0) is 30.2 Å². The second-order valence-corrected chi connectivity index (χ2v) is 8.80. The minimum Gasteiger partial charge on any atom is -0.336 e. The van der Waals surface area contributed by atoms with E-state index in [1.165, 1.54) is 0 Å². The molecule has 110 valence electrons. The zero-order valence-corrected chi connectivity index (χ0v) is 13.9. The number of likely N-dealkylation sites (tertiary alicyclic amines) is 1. The summed E-state index contributed by atoms with van der Waals surface area (Å²) in [5.74, 6) is 0.211. The summed E-state index contributed by atoms with van der Waals surface area (Å²) in [6, 6.07) is 7.09. The fourth-order valence-electron chi connectivity index (χ4n) is 2.21. The number of hydrogen-bond acceptors (Lipinski definition) is 3. The van der Waals surface area contributed by atoms with Crippen LogP contribution in [0.25, 0.3) is 0 Å². The van der Waals surface area contributed by atoms with E-state index in [1.807, 2.05) is 13.8 Å². The van der Waals surface area contributed by atoms with Crippen LogP contribution < -0.4 is 0 Å². The Morgan fingerprint density at radius 1 is 1.30 bits per heavy atom. The van der Waals surface area contributed by atoms with Crippen LogP contribution >= 0.6 is 15.9 Å². The third kappa shape index (κ3) is 3.41. The lowest BCUT2D eigenvalue weighted by Gasteiger charge is -2.39. The normalized spacial score (nSPS) is 16.3. The first kappa shape index (κ1) is 15.5. The molecule has 1 aliphatic heterocycles. The molecule has 0 N–H and O–H groups in total. The molecule has 0 aromatic heterocycles. The number of amides is 1. The number of halogens is 1. The van der Waals surface area contributed by atoms with Gasteiger partial charge in [0.25, 0.3) is 5.91 Å². The van der Waals surface area contributed by atoms with Crippen LogP contribution in [-0.2, 0) is 9.84 Å². The highest BCUT2D eigenvalue weighted by Gasteiger charge is 2.39. The number of carbonyl (C=O) groups is 1. The van der Waals surface area contributed by atoms with E-state index in [4.69, 9.17) is 0 Å². The van der Waals surface area contributed by atoms with Crippen LogP contribution in [0.4, 0.5) is 0 Å². The second kappa shape index (κ2) is 5.85. The molecule has 1 fully saturated rings. The summed E-state index contributed by atoms with van der Waals surface area (Å²) in [7, 11) is -3.08. The van der Waals surface area contributed by atoms with Crippen molar-refractivity contribution in [2.45, 2.75) is 19.1 Å². The summed E-state index contributed by atoms with van der Waals surface area (Å²) in [4.78, 5) is 13.7. The van der Waals surface area contributed by atoms with Gasteiger partial charge in [0, 0.05) is 23.1 Å². The number of sulfone groups is 1. The van der Waals surface area contributed by atoms with Gasteiger partial charge in [0.2, 0.25) is 0 Å². The third-order valence-corrected chi connectivity index (χ3v) is 6.27. The van der Waals surface area contributed by atoms with Crippen molar-refractivity contribution >= 4 is 31.7 Å². The zero-order valence-electron chi connectivity index (χ0n) is 11.5. The molecule has 20 heavy (non-hydrogen) atoms. The molecule has 1 amide bonds. The smallest absolute Gasteiger partial charge is 0.253 e. The molecule has 1 aromatic rings. The Morgan fingerprint density at radius 2 is 1.85 bits per heavy atom. The van der Waals surface area contributed by atoms with Crippen LogP contribution in [-0.4, -0.2) is 43.3 Å². The van der Waals surface area contributed by atoms with Gasteiger partial charge < -0.3 is 4.90 Å². The van der Waals surface area contributed by atoms with E-state index < -0.39 is 15.1 Å². The van der Waals surface area contributed by atoms with Crippen molar-refractivity contribution in [1.82, 2.24) is 4.90 Å². The molecule has 1 saturated heterocycles. The lowest BCUT2D eigenvalue weighted by Crippen LogP contribution is -2.57. The van der Waals surface area contributed by atoms with Gasteiger partial charge in [-0.2, -0.15) is 0 Å². The Bertz CT molecular complexity index is 589. The second-order valence-electron chi connectivity index (χ2n) is 5.56. The Hall–Kier alpha value is -0.880. The molecule has 0 aliphatic carbocycles. The van der Waals surface area contributed by atoms with Crippen molar-refractivity contribution in [1.29, 1.82) is 0 Å². The number of carbonyl (C=O) groups excluding carboxylic acids is 1. The highest BCUT2D eigenvalue weighted by atomic mass is 79.9. The van der Waals surface area contributed by atoms with E-state index in [-0.39, 0.29) is 17.6 Å². The number of benzene rings is 1. The lowest BCUT2D eigenvalue weighted by molar-refractivity contribution is 0.0659. The first-order chi connectivity index (χ1) is 9.29. The molecule has 0 bridgehead atoms. The minimum absolute atomic E-state index is 0.103. The molecule has 0 radical (unpaired) electrons. The Balaban J connectivity index is 1.96. The van der Waals surface area contributed by atoms with Crippen LogP contribution in [0.1, 0.15) is 24.2 Å². The lowest BCUT2D eigenvalue weighted by atomic mass is 10.1. The highest BCUT2D eigenvalue weighted by Crippen LogP contribution is 2.22. The summed E-state index contributed by atoms with van der Waals surface area (Å²) in [6.45, 7) is 4.40. The average molecular weight is 360 g/mol. The van der Waals surface area contributed by atoms with E-state index in [9.17, 15) is 13.2 Å². The van der Waals surface area contributed by atoms with E-state index >= 15 is 0 Å². The van der Waals surface area contributed by atoms with Gasteiger partial charge in [-0.25, -0.2) is 8.42 Å². The molecule has 0 spiro atoms. The molecule has 1 aromatic carbocycles. The van der Waals surface area contributed by atoms with Gasteiger partial charge in [-0.1, -0.05) is 29.8 Å². The Kier molecular flexibility index (Phi) is 4.54. The summed E-state index contributed by atoms with van der Waals surface area (Å²) >= 11 is 3.32. The molecule has 1 aliphatic rings. The molecule has 1 heterocycles. The van der Waals surface area contributed by atoms with Crippen molar-refractivity contribution in [3.63, 3.8) is 0 Å². The van der Waals surface area contributed by atoms with Gasteiger partial charge in [0.1, 0.15) is 0 Å². The highest BCUT2D eigenvalue weighted by molar-refractivity contribution is 9.10. The minimum atomic E-state index is -3.08. The molecular weight excluding hydrogens is 342 g/mol. The van der Waals surface area contributed by atoms with Gasteiger partial charge in [0.15, 0.2) is 9.84 Å². The summed E-state index contributed by atoms with van der Waals surface area (Å²) in [5, 5.41) is -0.399. The monoisotopic (exact) mass is 359 g/mol. The summed E-state index contributed by atoms with van der Waals surface area (Å²) < 4.78 is 25.0. The van der Waals surface area contributed by atoms with E-state index in [2.05, 4.69) is 15.9 Å². The van der Waals surface area contributed by atoms with Gasteiger partial charge >= 0.3 is 0 Å². The van der Waals surface area contributed by atoms with Gasteiger partial charge in [0.05, 0.1) is 11.0 Å². The van der Waals surface area contributed by atoms with E-state index in [0.29, 0.717) is 18.7 Å². The maximum atomic E-state index is 12.1. The predicted octanol–water partition coefficient (Wildman–Crippen LogP) is 2.34. The van der Waals surface area contributed by atoms with E-state index in [0.717, 1.165) is 4.47 Å². The maximum Gasteiger partial charge on any atom is 0.253 e. The molecule has 0 saturated carbocycles. The average Bonchev–Trinajstić information content (AvgIpc) is 2.25. The van der Waals surface area contributed by atoms with Crippen LogP contribution in [0.15, 0.2) is 28.7 Å². The third-order valence-electron chi connectivity index (χ3n) is 3.30. The first-order valence-electron chi connectivity index (χ1n) is 6.56. The number of hydrogen-bond donors (Lipinski definition) is 0. The predicted molar refractivity (Wildman–Crippen MR) is 82.5 cm³/mol. The van der Waals surface area contributed by atoms with Crippen LogP contribution in [0.2, 0.25) is 0 Å². The fourth-order valence-corrected chi connectivity index (χ4v) is 4.49. The van der Waals surface area contributed by atoms with Crippen molar-refractivity contribution in [3.8, 4) is 0 Å². The first-order valence-corrected chi connectivity index (χ1v) is 9.07. The fraction of sp³-hybridized carbons (Fsp3) is 0.500. The van der Waals surface area contributed by atoms with Crippen molar-refractivity contribution in [2.75, 3.05) is 18.8 Å². The Labute approximate surface area is 128 Å². The van der Waals surface area contributed by atoms with Crippen molar-refractivity contribution in [2.24, 2.45) is 5.92 Å². The Morgan fingerprint density at radius 3 is 2.35 bits per heavy atom. The van der Waals surface area contributed by atoms with Crippen molar-refractivity contribution < 1.29 is 13.2 Å². The molecule has 6 heteroatoms. The zero-order chi connectivity index (χ0) is 14.9. The molecule has 2 rings (SSSR count). The van der Waals surface area contributed by atoms with E-state index in [1.54, 1.807) is 29.2 Å². The SMILES string of the molecule is CC(C)CS(=O)(=O)C1CN(C(=O)c2ccc(Br)cc2)C1. The summed E-state index contributed by atoms with van der Waals surface area (Å²) in [6.07, 6.45) is 0. The largest absolute Gasteiger partial charge is 0.336 e. The van der Waals surface area contributed by atoms with Gasteiger partial charge in [-0.15, -0.1) is 0 Å². The summed E-state index contributed by atoms with van der Waals surface area (Å²) in [5.41, 5.74) is 0.591. The topological polar surface area (TPSA) is 54.5 Å². The molecule has 0 unspecified atom stereocenters. The van der Waals surface area contributed by atoms with Crippen LogP contribution in [0.3, 0.4) is 0 Å². The van der Waals surface area contributed by atoms with Gasteiger partial charge in [-0.3, -0.25) is 4.79 Å². The molecule has 0 atom stereocenters. The standard InChI is InChI=1S/C14H18BrNO3S/c1-10(2)9-20(18,19)13-7-16(8-13)14(17)11-3-5-12(15)6-4-11/h3-6,10,13H,7-9H2,1-2H3. The molecular formula is C14H18BrNO3S.